The Morgan fingerprint density at radius 1 is 1.29 bits per heavy atom. The summed E-state index contributed by atoms with van der Waals surface area (Å²) in [6.07, 6.45) is 2.74. The second-order valence-electron chi connectivity index (χ2n) is 7.38. The van der Waals surface area contributed by atoms with Crippen LogP contribution in [0.5, 0.6) is 0 Å². The molecule has 0 aliphatic carbocycles. The molecule has 2 bridgehead atoms. The number of aryl methyl sites for hydroxylation is 2. The maximum absolute atomic E-state index is 13.4. The standard InChI is InChI=1S/C20H24FN5O2/c1-3-16-18(12-4-6-13(21)7-5-12)19(25(2)24-16)23-20(28)26-14-8-9-15(26)11-22-17(27)10-14/h4-7,14-15H,3,8-11H2,1-2H3,(H,22,27)(H,23,28)/t14-,15+/m1/s1. The van der Waals surface area contributed by atoms with E-state index in [1.807, 2.05) is 6.92 Å². The number of rotatable bonds is 3. The van der Waals surface area contributed by atoms with Crippen LogP contribution in [0, 0.1) is 5.82 Å². The number of carbonyl (C=O) groups excluding carboxylic acids is 2. The molecular weight excluding hydrogens is 361 g/mol. The molecule has 0 saturated carbocycles. The highest BCUT2D eigenvalue weighted by Gasteiger charge is 2.40. The van der Waals surface area contributed by atoms with E-state index in [2.05, 4.69) is 15.7 Å². The number of nitrogens with zero attached hydrogens (tertiary/aromatic N) is 3. The van der Waals surface area contributed by atoms with Gasteiger partial charge in [0, 0.05) is 31.6 Å². The second-order valence-corrected chi connectivity index (χ2v) is 7.38. The normalized spacial score (nSPS) is 21.4. The number of anilines is 1. The molecule has 7 nitrogen and oxygen atoms in total. The average Bonchev–Trinajstić information content (AvgIpc) is 3.15. The van der Waals surface area contributed by atoms with Crippen LogP contribution in [0.25, 0.3) is 11.1 Å². The molecule has 2 saturated heterocycles. The summed E-state index contributed by atoms with van der Waals surface area (Å²) >= 11 is 0. The molecule has 0 radical (unpaired) electrons. The number of urea groups is 1. The highest BCUT2D eigenvalue weighted by molar-refractivity contribution is 5.95. The van der Waals surface area contributed by atoms with Crippen LogP contribution in [-0.2, 0) is 18.3 Å². The van der Waals surface area contributed by atoms with E-state index >= 15 is 0 Å². The fourth-order valence-corrected chi connectivity index (χ4v) is 4.27. The highest BCUT2D eigenvalue weighted by atomic mass is 19.1. The summed E-state index contributed by atoms with van der Waals surface area (Å²) in [5.74, 6) is 0.261. The molecule has 2 atom stereocenters. The molecule has 2 aliphatic rings. The molecule has 1 aromatic heterocycles. The summed E-state index contributed by atoms with van der Waals surface area (Å²) in [6, 6.07) is 5.89. The topological polar surface area (TPSA) is 79.3 Å². The number of hydrogen-bond acceptors (Lipinski definition) is 3. The minimum atomic E-state index is -0.311. The van der Waals surface area contributed by atoms with Gasteiger partial charge in [0.15, 0.2) is 0 Å². The molecule has 148 valence electrons. The van der Waals surface area contributed by atoms with Crippen LogP contribution in [0.4, 0.5) is 15.0 Å². The second kappa shape index (κ2) is 7.26. The molecule has 0 spiro atoms. The molecule has 2 fully saturated rings. The number of nitrogens with one attached hydrogen (secondary N) is 2. The minimum Gasteiger partial charge on any atom is -0.354 e. The first-order valence-electron chi connectivity index (χ1n) is 9.65. The van der Waals surface area contributed by atoms with Crippen molar-refractivity contribution in [3.05, 3.63) is 35.8 Å². The molecule has 3 amide bonds. The van der Waals surface area contributed by atoms with Crippen molar-refractivity contribution < 1.29 is 14.0 Å². The predicted octanol–water partition coefficient (Wildman–Crippen LogP) is 2.67. The lowest BCUT2D eigenvalue weighted by Crippen LogP contribution is -2.45. The smallest absolute Gasteiger partial charge is 0.323 e. The molecule has 2 aromatic rings. The zero-order chi connectivity index (χ0) is 19.8. The Labute approximate surface area is 162 Å². The van der Waals surface area contributed by atoms with Crippen molar-refractivity contribution in [2.45, 2.75) is 44.7 Å². The first kappa shape index (κ1) is 18.5. The van der Waals surface area contributed by atoms with Gasteiger partial charge in [-0.2, -0.15) is 5.10 Å². The van der Waals surface area contributed by atoms with Crippen molar-refractivity contribution in [1.82, 2.24) is 20.0 Å². The van der Waals surface area contributed by atoms with Crippen molar-refractivity contribution >= 4 is 17.8 Å². The van der Waals surface area contributed by atoms with Crippen LogP contribution in [0.2, 0.25) is 0 Å². The van der Waals surface area contributed by atoms with Crippen LogP contribution >= 0.6 is 0 Å². The number of halogens is 1. The van der Waals surface area contributed by atoms with Crippen molar-refractivity contribution in [2.75, 3.05) is 11.9 Å². The summed E-state index contributed by atoms with van der Waals surface area (Å²) in [5, 5.41) is 10.4. The number of hydrogen-bond donors (Lipinski definition) is 2. The third kappa shape index (κ3) is 3.23. The molecule has 4 rings (SSSR count). The van der Waals surface area contributed by atoms with Gasteiger partial charge in [0.05, 0.1) is 11.7 Å². The first-order chi connectivity index (χ1) is 13.5. The SMILES string of the molecule is CCc1nn(C)c(NC(=O)N2[C@@H]3CC[C@H]2CNC(=O)C3)c1-c1ccc(F)cc1. The first-order valence-corrected chi connectivity index (χ1v) is 9.65. The number of amides is 3. The highest BCUT2D eigenvalue weighted by Crippen LogP contribution is 2.34. The molecular formula is C20H24FN5O2. The fraction of sp³-hybridized carbons (Fsp3) is 0.450. The third-order valence-corrected chi connectivity index (χ3v) is 5.62. The number of benzene rings is 1. The van der Waals surface area contributed by atoms with Gasteiger partial charge in [0.25, 0.3) is 0 Å². The van der Waals surface area contributed by atoms with Gasteiger partial charge in [-0.3, -0.25) is 14.8 Å². The molecule has 1 aromatic carbocycles. The van der Waals surface area contributed by atoms with Crippen LogP contribution < -0.4 is 10.6 Å². The van der Waals surface area contributed by atoms with Crippen molar-refractivity contribution in [2.24, 2.45) is 7.05 Å². The molecule has 2 N–H and O–H groups in total. The Morgan fingerprint density at radius 3 is 2.71 bits per heavy atom. The number of carbonyl (C=O) groups is 2. The van der Waals surface area contributed by atoms with Gasteiger partial charge < -0.3 is 10.2 Å². The lowest BCUT2D eigenvalue weighted by molar-refractivity contribution is -0.121. The van der Waals surface area contributed by atoms with Crippen LogP contribution in [0.1, 0.15) is 31.9 Å². The van der Waals surface area contributed by atoms with Gasteiger partial charge in [-0.1, -0.05) is 19.1 Å². The van der Waals surface area contributed by atoms with E-state index < -0.39 is 0 Å². The maximum atomic E-state index is 13.4. The zero-order valence-corrected chi connectivity index (χ0v) is 16.0. The summed E-state index contributed by atoms with van der Waals surface area (Å²) in [6.45, 7) is 2.48. The lowest BCUT2D eigenvalue weighted by atomic mass is 10.0. The van der Waals surface area contributed by atoms with Gasteiger partial charge in [-0.25, -0.2) is 9.18 Å². The van der Waals surface area contributed by atoms with Crippen molar-refractivity contribution in [1.29, 1.82) is 0 Å². The third-order valence-electron chi connectivity index (χ3n) is 5.62. The van der Waals surface area contributed by atoms with E-state index in [0.29, 0.717) is 25.2 Å². The minimum absolute atomic E-state index is 0.00425. The average molecular weight is 385 g/mol. The van der Waals surface area contributed by atoms with Gasteiger partial charge >= 0.3 is 6.03 Å². The van der Waals surface area contributed by atoms with Crippen molar-refractivity contribution in [3.8, 4) is 11.1 Å². The molecule has 2 aliphatic heterocycles. The summed E-state index contributed by atoms with van der Waals surface area (Å²) in [4.78, 5) is 26.8. The Balaban J connectivity index is 1.66. The molecule has 28 heavy (non-hydrogen) atoms. The Kier molecular flexibility index (Phi) is 4.78. The van der Waals surface area contributed by atoms with E-state index in [1.165, 1.54) is 12.1 Å². The van der Waals surface area contributed by atoms with E-state index in [-0.39, 0.29) is 29.8 Å². The van der Waals surface area contributed by atoms with Crippen LogP contribution in [-0.4, -0.2) is 45.2 Å². The van der Waals surface area contributed by atoms with Crippen LogP contribution in [0.15, 0.2) is 24.3 Å². The van der Waals surface area contributed by atoms with Gasteiger partial charge in [0.1, 0.15) is 11.6 Å². The number of aromatic nitrogens is 2. The van der Waals surface area contributed by atoms with Gasteiger partial charge in [-0.05, 0) is 37.0 Å². The zero-order valence-electron chi connectivity index (χ0n) is 16.0. The molecule has 0 unspecified atom stereocenters. The summed E-state index contributed by atoms with van der Waals surface area (Å²) in [7, 11) is 1.78. The van der Waals surface area contributed by atoms with Gasteiger partial charge in [-0.15, -0.1) is 0 Å². The Bertz CT molecular complexity index is 908. The predicted molar refractivity (Wildman–Crippen MR) is 103 cm³/mol. The summed E-state index contributed by atoms with van der Waals surface area (Å²) < 4.78 is 15.0. The lowest BCUT2D eigenvalue weighted by Gasteiger charge is -2.27. The quantitative estimate of drug-likeness (QED) is 0.853. The monoisotopic (exact) mass is 385 g/mol. The van der Waals surface area contributed by atoms with E-state index in [1.54, 1.807) is 28.8 Å². The van der Waals surface area contributed by atoms with E-state index in [9.17, 15) is 14.0 Å². The van der Waals surface area contributed by atoms with E-state index in [4.69, 9.17) is 0 Å². The fourth-order valence-electron chi connectivity index (χ4n) is 4.27. The largest absolute Gasteiger partial charge is 0.354 e. The molecule has 3 heterocycles. The van der Waals surface area contributed by atoms with Crippen molar-refractivity contribution in [3.63, 3.8) is 0 Å². The summed E-state index contributed by atoms with van der Waals surface area (Å²) in [5.41, 5.74) is 2.44. The van der Waals surface area contributed by atoms with Gasteiger partial charge in [0.2, 0.25) is 5.91 Å². The number of fused-ring (bicyclic) bond motifs is 2. The van der Waals surface area contributed by atoms with Crippen LogP contribution in [0.3, 0.4) is 0 Å². The Morgan fingerprint density at radius 2 is 2.00 bits per heavy atom. The maximum Gasteiger partial charge on any atom is 0.323 e. The van der Waals surface area contributed by atoms with E-state index in [0.717, 1.165) is 29.7 Å². The molecule has 8 heteroatoms. The Hall–Kier alpha value is -2.90.